The van der Waals surface area contributed by atoms with Crippen molar-refractivity contribution in [2.75, 3.05) is 0 Å². The zero-order valence-electron chi connectivity index (χ0n) is 18.3. The first-order valence-electron chi connectivity index (χ1n) is 10.9. The summed E-state index contributed by atoms with van der Waals surface area (Å²) < 4.78 is 26.8. The maximum absolute atomic E-state index is 13.4. The average Bonchev–Trinajstić information content (AvgIpc) is 3.56. The van der Waals surface area contributed by atoms with Crippen molar-refractivity contribution in [3.05, 3.63) is 83.8 Å². The first kappa shape index (κ1) is 20.9. The number of hydrogen-bond donors (Lipinski definition) is 1. The van der Waals surface area contributed by atoms with Crippen LogP contribution < -0.4 is 4.74 Å². The molecule has 7 nitrogen and oxygen atoms in total. The lowest BCUT2D eigenvalue weighted by Gasteiger charge is -2.09. The summed E-state index contributed by atoms with van der Waals surface area (Å²) in [6.07, 6.45) is 8.33. The van der Waals surface area contributed by atoms with Gasteiger partial charge in [-0.2, -0.15) is 0 Å². The minimum Gasteiger partial charge on any atom is -0.487 e. The quantitative estimate of drug-likeness (QED) is 0.305. The fraction of sp³-hybridized carbons (Fsp3) is 0.240. The molecule has 3 heterocycles. The fourth-order valence-corrected chi connectivity index (χ4v) is 3.85. The van der Waals surface area contributed by atoms with Crippen LogP contribution in [0.4, 0.5) is 4.39 Å². The largest absolute Gasteiger partial charge is 0.487 e. The molecular weight excluding hydrogens is 421 g/mol. The second kappa shape index (κ2) is 9.28. The van der Waals surface area contributed by atoms with Gasteiger partial charge in [0, 0.05) is 23.6 Å². The smallest absolute Gasteiger partial charge is 0.243 e. The Morgan fingerprint density at radius 3 is 2.91 bits per heavy atom. The number of unbranched alkanes of at least 4 members (excludes halogenated alkanes) is 1. The Bertz CT molecular complexity index is 1360. The van der Waals surface area contributed by atoms with Gasteiger partial charge in [-0.15, -0.1) is 5.10 Å². The Labute approximate surface area is 190 Å². The van der Waals surface area contributed by atoms with Gasteiger partial charge in [-0.05, 0) is 73.7 Å². The van der Waals surface area contributed by atoms with Crippen LogP contribution in [0.15, 0.2) is 65.5 Å². The summed E-state index contributed by atoms with van der Waals surface area (Å²) in [7, 11) is 0. The molecule has 5 rings (SSSR count). The molecule has 0 atom stereocenters. The summed E-state index contributed by atoms with van der Waals surface area (Å²) >= 11 is 0. The van der Waals surface area contributed by atoms with E-state index in [2.05, 4.69) is 39.3 Å². The monoisotopic (exact) mass is 445 g/mol. The van der Waals surface area contributed by atoms with Crippen molar-refractivity contribution in [2.45, 2.75) is 39.3 Å². The molecule has 0 unspecified atom stereocenters. The van der Waals surface area contributed by atoms with Crippen LogP contribution >= 0.6 is 0 Å². The van der Waals surface area contributed by atoms with E-state index in [1.54, 1.807) is 18.5 Å². The predicted molar refractivity (Wildman–Crippen MR) is 122 cm³/mol. The van der Waals surface area contributed by atoms with Gasteiger partial charge in [-0.3, -0.25) is 4.68 Å². The molecule has 33 heavy (non-hydrogen) atoms. The molecule has 168 valence electrons. The number of hydrogen-bond acceptors (Lipinski definition) is 5. The van der Waals surface area contributed by atoms with Crippen LogP contribution in [0.3, 0.4) is 0 Å². The van der Waals surface area contributed by atoms with E-state index in [-0.39, 0.29) is 5.82 Å². The van der Waals surface area contributed by atoms with E-state index < -0.39 is 0 Å². The minimum atomic E-state index is -0.287. The molecule has 1 N–H and O–H groups in total. The van der Waals surface area contributed by atoms with Gasteiger partial charge in [-0.25, -0.2) is 9.37 Å². The van der Waals surface area contributed by atoms with E-state index in [1.165, 1.54) is 23.3 Å². The van der Waals surface area contributed by atoms with Crippen molar-refractivity contribution in [2.24, 2.45) is 0 Å². The molecule has 0 aliphatic rings. The molecular formula is C25H24FN5O2. The number of H-pyrrole nitrogens is 1. The Morgan fingerprint density at radius 2 is 2.06 bits per heavy atom. The number of aryl methyl sites for hydroxylation is 3. The summed E-state index contributed by atoms with van der Waals surface area (Å²) in [6, 6.07) is 12.7. The third-order valence-corrected chi connectivity index (χ3v) is 5.62. The highest BCUT2D eigenvalue weighted by molar-refractivity contribution is 5.84. The lowest BCUT2D eigenvalue weighted by atomic mass is 10.0. The molecule has 0 spiro atoms. The second-order valence-electron chi connectivity index (χ2n) is 8.06. The SMILES string of the molecule is Cc1cc(OCc2coc(-c3cc4ccc(F)cc4[nH]3)n2)ccc1CCCCn1ccnn1. The molecule has 0 saturated carbocycles. The number of benzene rings is 2. The average molecular weight is 445 g/mol. The summed E-state index contributed by atoms with van der Waals surface area (Å²) in [4.78, 5) is 7.63. The third kappa shape index (κ3) is 4.95. The number of nitrogens with zero attached hydrogens (tertiary/aromatic N) is 4. The first-order chi connectivity index (χ1) is 16.1. The Kier molecular flexibility index (Phi) is 5.89. The van der Waals surface area contributed by atoms with E-state index in [1.807, 2.05) is 23.0 Å². The summed E-state index contributed by atoms with van der Waals surface area (Å²) in [5.41, 5.74) is 4.62. The van der Waals surface area contributed by atoms with Crippen molar-refractivity contribution in [3.8, 4) is 17.3 Å². The van der Waals surface area contributed by atoms with Crippen LogP contribution in [0, 0.1) is 12.7 Å². The van der Waals surface area contributed by atoms with Gasteiger partial charge in [0.1, 0.15) is 35.8 Å². The van der Waals surface area contributed by atoms with E-state index in [9.17, 15) is 4.39 Å². The number of rotatable bonds is 9. The number of ether oxygens (including phenoxy) is 1. The molecule has 0 amide bonds. The Morgan fingerprint density at radius 1 is 1.12 bits per heavy atom. The lowest BCUT2D eigenvalue weighted by molar-refractivity contribution is 0.300. The highest BCUT2D eigenvalue weighted by Gasteiger charge is 2.11. The highest BCUT2D eigenvalue weighted by atomic mass is 19.1. The number of halogens is 1. The van der Waals surface area contributed by atoms with Crippen molar-refractivity contribution in [1.82, 2.24) is 25.0 Å². The summed E-state index contributed by atoms with van der Waals surface area (Å²) in [6.45, 7) is 3.29. The first-order valence-corrected chi connectivity index (χ1v) is 10.9. The zero-order valence-corrected chi connectivity index (χ0v) is 18.3. The van der Waals surface area contributed by atoms with E-state index >= 15 is 0 Å². The number of fused-ring (bicyclic) bond motifs is 1. The summed E-state index contributed by atoms with van der Waals surface area (Å²) in [5.74, 6) is 0.956. The van der Waals surface area contributed by atoms with Gasteiger partial charge in [-0.1, -0.05) is 11.3 Å². The lowest BCUT2D eigenvalue weighted by Crippen LogP contribution is -2.00. The normalized spacial score (nSPS) is 11.3. The molecule has 0 fully saturated rings. The zero-order chi connectivity index (χ0) is 22.6. The standard InChI is InChI=1S/C25H24FN5O2/c1-17-12-22(8-6-18(17)4-2-3-10-31-11-9-27-30-31)32-15-21-16-33-25(28-21)24-13-19-5-7-20(26)14-23(19)29-24/h5-9,11-14,16,29H,2-4,10,15H2,1H3. The van der Waals surface area contributed by atoms with Gasteiger partial charge in [0.15, 0.2) is 0 Å². The van der Waals surface area contributed by atoms with Crippen molar-refractivity contribution >= 4 is 10.9 Å². The molecule has 0 aliphatic heterocycles. The number of aromatic nitrogens is 5. The third-order valence-electron chi connectivity index (χ3n) is 5.62. The van der Waals surface area contributed by atoms with Gasteiger partial charge in [0.05, 0.1) is 6.20 Å². The molecule has 0 aliphatic carbocycles. The molecule has 5 aromatic rings. The van der Waals surface area contributed by atoms with Crippen LogP contribution in [-0.2, 0) is 19.6 Å². The maximum atomic E-state index is 13.4. The van der Waals surface area contributed by atoms with Gasteiger partial charge in [0.2, 0.25) is 5.89 Å². The summed E-state index contributed by atoms with van der Waals surface area (Å²) in [5, 5.41) is 8.71. The van der Waals surface area contributed by atoms with Crippen LogP contribution in [0.25, 0.3) is 22.5 Å². The molecule has 8 heteroatoms. The van der Waals surface area contributed by atoms with Crippen molar-refractivity contribution in [3.63, 3.8) is 0 Å². The van der Waals surface area contributed by atoms with E-state index in [4.69, 9.17) is 9.15 Å². The number of aromatic amines is 1. The van der Waals surface area contributed by atoms with Gasteiger partial charge in [0.25, 0.3) is 0 Å². The molecule has 0 radical (unpaired) electrons. The molecule has 3 aromatic heterocycles. The van der Waals surface area contributed by atoms with Crippen molar-refractivity contribution < 1.29 is 13.5 Å². The highest BCUT2D eigenvalue weighted by Crippen LogP contribution is 2.25. The van der Waals surface area contributed by atoms with Crippen LogP contribution in [0.1, 0.15) is 29.7 Å². The Balaban J connectivity index is 1.16. The van der Waals surface area contributed by atoms with Gasteiger partial charge >= 0.3 is 0 Å². The number of nitrogens with one attached hydrogen (secondary N) is 1. The van der Waals surface area contributed by atoms with Gasteiger partial charge < -0.3 is 14.1 Å². The molecule has 0 saturated heterocycles. The van der Waals surface area contributed by atoms with Crippen LogP contribution in [-0.4, -0.2) is 25.0 Å². The minimum absolute atomic E-state index is 0.287. The molecule has 0 bridgehead atoms. The maximum Gasteiger partial charge on any atom is 0.243 e. The van der Waals surface area contributed by atoms with E-state index in [0.717, 1.165) is 36.9 Å². The van der Waals surface area contributed by atoms with Crippen LogP contribution in [0.2, 0.25) is 0 Å². The fourth-order valence-electron chi connectivity index (χ4n) is 3.85. The number of oxazole rings is 1. The van der Waals surface area contributed by atoms with E-state index in [0.29, 0.717) is 29.4 Å². The molecule has 2 aromatic carbocycles. The second-order valence-corrected chi connectivity index (χ2v) is 8.06. The topological polar surface area (TPSA) is 81.8 Å². The van der Waals surface area contributed by atoms with Crippen LogP contribution in [0.5, 0.6) is 5.75 Å². The Hall–Kier alpha value is -3.94. The van der Waals surface area contributed by atoms with Crippen molar-refractivity contribution in [1.29, 1.82) is 0 Å². The predicted octanol–water partition coefficient (Wildman–Crippen LogP) is 5.46.